The Morgan fingerprint density at radius 1 is 0.829 bits per heavy atom. The lowest BCUT2D eigenvalue weighted by Crippen LogP contribution is -2.40. The van der Waals surface area contributed by atoms with Gasteiger partial charge in [-0.2, -0.15) is 0 Å². The van der Waals surface area contributed by atoms with Crippen LogP contribution in [0.5, 0.6) is 0 Å². The summed E-state index contributed by atoms with van der Waals surface area (Å²) in [6.07, 6.45) is 1.48. The molecule has 0 atom stereocenters. The highest BCUT2D eigenvalue weighted by Crippen LogP contribution is 2.38. The number of nitrogens with two attached hydrogens (primary N) is 2. The number of carbonyl (C=O) groups is 1. The topological polar surface area (TPSA) is 98.1 Å². The van der Waals surface area contributed by atoms with Crippen LogP contribution >= 0.6 is 0 Å². The van der Waals surface area contributed by atoms with E-state index < -0.39 is 23.4 Å². The minimum Gasteiger partial charge on any atom is -0.369 e. The van der Waals surface area contributed by atoms with Gasteiger partial charge < -0.3 is 16.4 Å². The molecular formula is C26H22F3N5O. The molecule has 4 N–H and O–H groups in total. The van der Waals surface area contributed by atoms with E-state index in [-0.39, 0.29) is 17.2 Å². The van der Waals surface area contributed by atoms with Crippen molar-refractivity contribution < 1.29 is 18.0 Å². The first-order valence-electron chi connectivity index (χ1n) is 11.2. The van der Waals surface area contributed by atoms with Crippen molar-refractivity contribution in [3.63, 3.8) is 0 Å². The molecule has 1 aromatic heterocycles. The maximum Gasteiger partial charge on any atom is 0.248 e. The largest absolute Gasteiger partial charge is 0.369 e. The van der Waals surface area contributed by atoms with Gasteiger partial charge in [0.25, 0.3) is 0 Å². The molecular weight excluding hydrogens is 455 g/mol. The van der Waals surface area contributed by atoms with Crippen LogP contribution in [0.1, 0.15) is 23.2 Å². The van der Waals surface area contributed by atoms with Gasteiger partial charge in [0.15, 0.2) is 0 Å². The SMILES string of the molecule is NC(=O)c1cc(F)cc(-c2ccc3nnc(-c4cc(F)cc(F)c4)c(N4CCC(N)CC4)c3c2)c1. The highest BCUT2D eigenvalue weighted by atomic mass is 19.1. The maximum atomic E-state index is 14.2. The summed E-state index contributed by atoms with van der Waals surface area (Å²) >= 11 is 0. The predicted octanol–water partition coefficient (Wildman–Crippen LogP) is 4.41. The molecule has 1 saturated heterocycles. The molecule has 1 fully saturated rings. The molecule has 4 aromatic rings. The third-order valence-corrected chi connectivity index (χ3v) is 6.24. The minimum absolute atomic E-state index is 0.0501. The average Bonchev–Trinajstić information content (AvgIpc) is 2.82. The molecule has 6 nitrogen and oxygen atoms in total. The smallest absolute Gasteiger partial charge is 0.248 e. The number of benzene rings is 3. The number of nitrogens with zero attached hydrogens (tertiary/aromatic N) is 3. The van der Waals surface area contributed by atoms with Gasteiger partial charge in [-0.25, -0.2) is 13.2 Å². The van der Waals surface area contributed by atoms with Crippen molar-refractivity contribution in [2.24, 2.45) is 11.5 Å². The van der Waals surface area contributed by atoms with Gasteiger partial charge in [0.2, 0.25) is 5.91 Å². The number of carbonyl (C=O) groups excluding carboxylic acids is 1. The summed E-state index contributed by atoms with van der Waals surface area (Å²) in [5.41, 5.74) is 14.4. The second-order valence-corrected chi connectivity index (χ2v) is 8.70. The lowest BCUT2D eigenvalue weighted by Gasteiger charge is -2.33. The zero-order valence-corrected chi connectivity index (χ0v) is 18.6. The Bertz CT molecular complexity index is 1430. The number of halogens is 3. The second kappa shape index (κ2) is 8.99. The monoisotopic (exact) mass is 477 g/mol. The molecule has 1 aliphatic heterocycles. The van der Waals surface area contributed by atoms with Gasteiger partial charge in [0.1, 0.15) is 23.1 Å². The fraction of sp³-hybridized carbons (Fsp3) is 0.192. The van der Waals surface area contributed by atoms with Gasteiger partial charge in [-0.05, 0) is 66.4 Å². The molecule has 0 spiro atoms. The molecule has 2 heterocycles. The Kier molecular flexibility index (Phi) is 5.86. The van der Waals surface area contributed by atoms with E-state index in [1.807, 2.05) is 6.07 Å². The van der Waals surface area contributed by atoms with E-state index in [9.17, 15) is 18.0 Å². The average molecular weight is 477 g/mol. The van der Waals surface area contributed by atoms with E-state index in [2.05, 4.69) is 15.1 Å². The van der Waals surface area contributed by atoms with Crippen LogP contribution in [0.2, 0.25) is 0 Å². The quantitative estimate of drug-likeness (QED) is 0.454. The number of anilines is 1. The minimum atomic E-state index is -0.738. The third-order valence-electron chi connectivity index (χ3n) is 6.24. The summed E-state index contributed by atoms with van der Waals surface area (Å²) in [4.78, 5) is 13.7. The molecule has 1 aliphatic rings. The molecule has 35 heavy (non-hydrogen) atoms. The third kappa shape index (κ3) is 4.54. The lowest BCUT2D eigenvalue weighted by molar-refractivity contribution is 0.1000. The zero-order valence-electron chi connectivity index (χ0n) is 18.6. The first-order chi connectivity index (χ1) is 16.8. The molecule has 9 heteroatoms. The highest BCUT2D eigenvalue weighted by molar-refractivity contribution is 6.01. The second-order valence-electron chi connectivity index (χ2n) is 8.70. The van der Waals surface area contributed by atoms with Crippen molar-refractivity contribution in [2.75, 3.05) is 18.0 Å². The summed E-state index contributed by atoms with van der Waals surface area (Å²) in [7, 11) is 0. The summed E-state index contributed by atoms with van der Waals surface area (Å²) in [6, 6.07) is 12.5. The number of amides is 1. The van der Waals surface area contributed by atoms with Crippen LogP contribution in [0.15, 0.2) is 54.6 Å². The maximum absolute atomic E-state index is 14.2. The Labute approximate surface area is 199 Å². The van der Waals surface area contributed by atoms with Crippen LogP contribution in [-0.4, -0.2) is 35.2 Å². The number of rotatable bonds is 4. The Morgan fingerprint density at radius 3 is 2.17 bits per heavy atom. The molecule has 0 radical (unpaired) electrons. The van der Waals surface area contributed by atoms with Crippen LogP contribution in [-0.2, 0) is 0 Å². The normalized spacial score (nSPS) is 14.5. The van der Waals surface area contributed by atoms with Crippen molar-refractivity contribution in [3.8, 4) is 22.4 Å². The van der Waals surface area contributed by atoms with Gasteiger partial charge in [-0.1, -0.05) is 6.07 Å². The molecule has 178 valence electrons. The first-order valence-corrected chi connectivity index (χ1v) is 11.2. The number of hydrogen-bond donors (Lipinski definition) is 2. The number of piperidine rings is 1. The molecule has 1 amide bonds. The number of hydrogen-bond acceptors (Lipinski definition) is 5. The zero-order chi connectivity index (χ0) is 24.7. The first kappa shape index (κ1) is 22.8. The predicted molar refractivity (Wildman–Crippen MR) is 128 cm³/mol. The van der Waals surface area contributed by atoms with Crippen LogP contribution < -0.4 is 16.4 Å². The van der Waals surface area contributed by atoms with Crippen molar-refractivity contribution in [1.29, 1.82) is 0 Å². The summed E-state index contributed by atoms with van der Waals surface area (Å²) in [5, 5.41) is 9.30. The van der Waals surface area contributed by atoms with Crippen molar-refractivity contribution in [2.45, 2.75) is 18.9 Å². The van der Waals surface area contributed by atoms with Gasteiger partial charge in [-0.15, -0.1) is 10.2 Å². The molecule has 5 rings (SSSR count). The fourth-order valence-corrected chi connectivity index (χ4v) is 4.50. The van der Waals surface area contributed by atoms with Crippen LogP contribution in [0, 0.1) is 17.5 Å². The standard InChI is InChI=1S/C26H22F3N5O/c27-18-8-15(7-17(11-18)26(31)35)14-1-2-23-22(12-14)25(34-5-3-21(30)4-6-34)24(33-32-23)16-9-19(28)13-20(29)10-16/h1-2,7-13,21H,3-6,30H2,(H2,31,35). The van der Waals surface area contributed by atoms with Gasteiger partial charge in [-0.3, -0.25) is 4.79 Å². The fourth-order valence-electron chi connectivity index (χ4n) is 4.50. The molecule has 0 saturated carbocycles. The van der Waals surface area contributed by atoms with Gasteiger partial charge in [0.05, 0.1) is 11.2 Å². The number of fused-ring (bicyclic) bond motifs is 1. The summed E-state index contributed by atoms with van der Waals surface area (Å²) < 4.78 is 42.4. The molecule has 0 unspecified atom stereocenters. The van der Waals surface area contributed by atoms with Gasteiger partial charge >= 0.3 is 0 Å². The number of primary amides is 1. The molecule has 0 aliphatic carbocycles. The Hall–Kier alpha value is -3.98. The van der Waals surface area contributed by atoms with E-state index in [0.717, 1.165) is 25.0 Å². The van der Waals surface area contributed by atoms with Crippen molar-refractivity contribution in [1.82, 2.24) is 10.2 Å². The van der Waals surface area contributed by atoms with E-state index >= 15 is 0 Å². The summed E-state index contributed by atoms with van der Waals surface area (Å²) in [5.74, 6) is -2.77. The number of aromatic nitrogens is 2. The Balaban J connectivity index is 1.74. The highest BCUT2D eigenvalue weighted by Gasteiger charge is 2.24. The molecule has 0 bridgehead atoms. The summed E-state index contributed by atoms with van der Waals surface area (Å²) in [6.45, 7) is 1.26. The van der Waals surface area contributed by atoms with Crippen molar-refractivity contribution >= 4 is 22.5 Å². The van der Waals surface area contributed by atoms with Crippen LogP contribution in [0.3, 0.4) is 0 Å². The van der Waals surface area contributed by atoms with E-state index in [1.165, 1.54) is 24.3 Å². The van der Waals surface area contributed by atoms with E-state index in [1.54, 1.807) is 12.1 Å². The van der Waals surface area contributed by atoms with Crippen LogP contribution in [0.25, 0.3) is 33.3 Å². The van der Waals surface area contributed by atoms with Crippen LogP contribution in [0.4, 0.5) is 18.9 Å². The van der Waals surface area contributed by atoms with E-state index in [4.69, 9.17) is 11.5 Å². The van der Waals surface area contributed by atoms with Gasteiger partial charge in [0, 0.05) is 41.7 Å². The van der Waals surface area contributed by atoms with E-state index in [0.29, 0.717) is 46.5 Å². The Morgan fingerprint density at radius 2 is 1.49 bits per heavy atom. The molecule has 3 aromatic carbocycles. The van der Waals surface area contributed by atoms with Crippen molar-refractivity contribution in [3.05, 3.63) is 77.6 Å². The lowest BCUT2D eigenvalue weighted by atomic mass is 9.97.